The highest BCUT2D eigenvalue weighted by atomic mass is 32.1. The predicted molar refractivity (Wildman–Crippen MR) is 119 cm³/mol. The van der Waals surface area contributed by atoms with Gasteiger partial charge >= 0.3 is 0 Å². The summed E-state index contributed by atoms with van der Waals surface area (Å²) in [5, 5.41) is 5.27. The van der Waals surface area contributed by atoms with Gasteiger partial charge < -0.3 is 9.47 Å². The molecule has 0 unspecified atom stereocenters. The molecule has 3 aromatic rings. The third kappa shape index (κ3) is 5.93. The normalized spacial score (nSPS) is 10.8. The van der Waals surface area contributed by atoms with Gasteiger partial charge in [-0.15, -0.1) is 11.3 Å². The second-order valence-electron chi connectivity index (χ2n) is 6.33. The lowest BCUT2D eigenvalue weighted by Gasteiger charge is -2.08. The van der Waals surface area contributed by atoms with Crippen LogP contribution in [-0.2, 0) is 4.79 Å². The van der Waals surface area contributed by atoms with Crippen LogP contribution in [-0.4, -0.2) is 24.6 Å². The molecule has 3 rings (SSSR count). The first-order chi connectivity index (χ1) is 14.2. The molecule has 5 nitrogen and oxygen atoms in total. The molecular weight excluding hydrogens is 384 g/mol. The van der Waals surface area contributed by atoms with E-state index in [1.165, 1.54) is 17.4 Å². The van der Waals surface area contributed by atoms with Crippen molar-refractivity contribution in [2.24, 2.45) is 0 Å². The Morgan fingerprint density at radius 3 is 2.90 bits per heavy atom. The maximum absolute atomic E-state index is 12.3. The number of benzene rings is 2. The zero-order valence-corrected chi connectivity index (χ0v) is 17.4. The molecule has 0 aliphatic carbocycles. The topological polar surface area (TPSA) is 60.5 Å². The van der Waals surface area contributed by atoms with E-state index in [2.05, 4.69) is 17.2 Å². The molecule has 0 atom stereocenters. The zero-order chi connectivity index (χ0) is 20.5. The van der Waals surface area contributed by atoms with Gasteiger partial charge in [0.15, 0.2) is 5.13 Å². The Morgan fingerprint density at radius 1 is 1.21 bits per heavy atom. The molecule has 0 saturated carbocycles. The SMILES string of the molecule is CCCCOc1ccccc1C=CC(=O)Nc1nc(-c2cccc(OC)c2)cs1. The Bertz CT molecular complexity index is 982. The summed E-state index contributed by atoms with van der Waals surface area (Å²) in [4.78, 5) is 16.8. The number of rotatable bonds is 9. The molecule has 0 spiro atoms. The highest BCUT2D eigenvalue weighted by molar-refractivity contribution is 7.14. The summed E-state index contributed by atoms with van der Waals surface area (Å²) in [6.07, 6.45) is 5.33. The Hall–Kier alpha value is -3.12. The summed E-state index contributed by atoms with van der Waals surface area (Å²) < 4.78 is 11.0. The van der Waals surface area contributed by atoms with Gasteiger partial charge in [0.25, 0.3) is 0 Å². The van der Waals surface area contributed by atoms with Crippen LogP contribution in [0.25, 0.3) is 17.3 Å². The standard InChI is InChI=1S/C23H24N2O3S/c1-3-4-14-28-21-11-6-5-8-17(21)12-13-22(26)25-23-24-20(16-29-23)18-9-7-10-19(15-18)27-2/h5-13,15-16H,3-4,14H2,1-2H3,(H,24,25,26). The van der Waals surface area contributed by atoms with Crippen LogP contribution >= 0.6 is 11.3 Å². The van der Waals surface area contributed by atoms with Crippen molar-refractivity contribution in [3.8, 4) is 22.8 Å². The number of methoxy groups -OCH3 is 1. The number of carbonyl (C=O) groups excluding carboxylic acids is 1. The number of hydrogen-bond acceptors (Lipinski definition) is 5. The molecule has 1 amide bonds. The van der Waals surface area contributed by atoms with E-state index in [0.717, 1.165) is 41.2 Å². The van der Waals surface area contributed by atoms with Crippen molar-refractivity contribution in [1.82, 2.24) is 4.98 Å². The predicted octanol–water partition coefficient (Wildman–Crippen LogP) is 5.65. The highest BCUT2D eigenvalue weighted by Crippen LogP contribution is 2.27. The average Bonchev–Trinajstić information content (AvgIpc) is 3.21. The molecule has 0 saturated heterocycles. The lowest BCUT2D eigenvalue weighted by atomic mass is 10.2. The van der Waals surface area contributed by atoms with E-state index in [4.69, 9.17) is 9.47 Å². The Kier molecular flexibility index (Phi) is 7.41. The number of para-hydroxylation sites is 1. The van der Waals surface area contributed by atoms with E-state index < -0.39 is 0 Å². The smallest absolute Gasteiger partial charge is 0.250 e. The number of anilines is 1. The van der Waals surface area contributed by atoms with E-state index in [1.54, 1.807) is 13.2 Å². The minimum atomic E-state index is -0.236. The van der Waals surface area contributed by atoms with Gasteiger partial charge in [0.2, 0.25) is 5.91 Å². The van der Waals surface area contributed by atoms with Crippen molar-refractivity contribution in [1.29, 1.82) is 0 Å². The second kappa shape index (κ2) is 10.4. The van der Waals surface area contributed by atoms with Gasteiger partial charge in [0.05, 0.1) is 19.4 Å². The van der Waals surface area contributed by atoms with Crippen LogP contribution in [0.1, 0.15) is 25.3 Å². The number of hydrogen-bond donors (Lipinski definition) is 1. The maximum atomic E-state index is 12.3. The van der Waals surface area contributed by atoms with Gasteiger partial charge in [-0.3, -0.25) is 10.1 Å². The summed E-state index contributed by atoms with van der Waals surface area (Å²) in [6.45, 7) is 2.79. The van der Waals surface area contributed by atoms with Crippen LogP contribution in [0.5, 0.6) is 11.5 Å². The molecule has 1 aromatic heterocycles. The fraction of sp³-hybridized carbons (Fsp3) is 0.217. The van der Waals surface area contributed by atoms with Gasteiger partial charge in [-0.2, -0.15) is 0 Å². The fourth-order valence-electron chi connectivity index (χ4n) is 2.63. The average molecular weight is 409 g/mol. The molecule has 0 aliphatic rings. The Morgan fingerprint density at radius 2 is 2.07 bits per heavy atom. The molecule has 1 N–H and O–H groups in total. The quantitative estimate of drug-likeness (QED) is 0.367. The van der Waals surface area contributed by atoms with Crippen molar-refractivity contribution >= 4 is 28.5 Å². The molecule has 2 aromatic carbocycles. The van der Waals surface area contributed by atoms with Crippen molar-refractivity contribution in [3.63, 3.8) is 0 Å². The third-order valence-corrected chi connectivity index (χ3v) is 4.95. The Balaban J connectivity index is 1.64. The molecule has 0 bridgehead atoms. The summed E-state index contributed by atoms with van der Waals surface area (Å²) in [5.74, 6) is 1.31. The number of thiazole rings is 1. The summed E-state index contributed by atoms with van der Waals surface area (Å²) >= 11 is 1.38. The zero-order valence-electron chi connectivity index (χ0n) is 16.6. The van der Waals surface area contributed by atoms with Crippen LogP contribution in [0.4, 0.5) is 5.13 Å². The van der Waals surface area contributed by atoms with E-state index in [1.807, 2.05) is 53.9 Å². The molecule has 0 aliphatic heterocycles. The van der Waals surface area contributed by atoms with Gasteiger partial charge in [-0.25, -0.2) is 4.98 Å². The van der Waals surface area contributed by atoms with Crippen LogP contribution < -0.4 is 14.8 Å². The largest absolute Gasteiger partial charge is 0.497 e. The molecule has 150 valence electrons. The number of ether oxygens (including phenoxy) is 2. The maximum Gasteiger partial charge on any atom is 0.250 e. The van der Waals surface area contributed by atoms with Gasteiger partial charge in [0, 0.05) is 22.6 Å². The van der Waals surface area contributed by atoms with Gasteiger partial charge in [-0.05, 0) is 30.7 Å². The lowest BCUT2D eigenvalue weighted by Crippen LogP contribution is -2.07. The summed E-state index contributed by atoms with van der Waals surface area (Å²) in [7, 11) is 1.63. The number of carbonyl (C=O) groups is 1. The summed E-state index contributed by atoms with van der Waals surface area (Å²) in [5.41, 5.74) is 2.60. The molecule has 6 heteroatoms. The van der Waals surface area contributed by atoms with Crippen molar-refractivity contribution in [3.05, 3.63) is 65.6 Å². The van der Waals surface area contributed by atoms with Gasteiger partial charge in [-0.1, -0.05) is 43.7 Å². The van der Waals surface area contributed by atoms with Crippen molar-refractivity contribution < 1.29 is 14.3 Å². The Labute approximate surface area is 175 Å². The van der Waals surface area contributed by atoms with E-state index in [0.29, 0.717) is 11.7 Å². The van der Waals surface area contributed by atoms with Crippen LogP contribution in [0.3, 0.4) is 0 Å². The number of nitrogens with one attached hydrogen (secondary N) is 1. The van der Waals surface area contributed by atoms with Crippen molar-refractivity contribution in [2.45, 2.75) is 19.8 Å². The minimum Gasteiger partial charge on any atom is -0.497 e. The first kappa shape index (κ1) is 20.6. The lowest BCUT2D eigenvalue weighted by molar-refractivity contribution is -0.111. The fourth-order valence-corrected chi connectivity index (χ4v) is 3.36. The second-order valence-corrected chi connectivity index (χ2v) is 7.19. The van der Waals surface area contributed by atoms with Crippen molar-refractivity contribution in [2.75, 3.05) is 19.0 Å². The number of unbranched alkanes of at least 4 members (excludes halogenated alkanes) is 1. The highest BCUT2D eigenvalue weighted by Gasteiger charge is 2.08. The molecule has 0 fully saturated rings. The van der Waals surface area contributed by atoms with E-state index >= 15 is 0 Å². The van der Waals surface area contributed by atoms with Crippen LogP contribution in [0.2, 0.25) is 0 Å². The van der Waals surface area contributed by atoms with Crippen LogP contribution in [0.15, 0.2) is 60.0 Å². The van der Waals surface area contributed by atoms with E-state index in [9.17, 15) is 4.79 Å². The monoisotopic (exact) mass is 408 g/mol. The van der Waals surface area contributed by atoms with E-state index in [-0.39, 0.29) is 5.91 Å². The van der Waals surface area contributed by atoms with Gasteiger partial charge in [0.1, 0.15) is 11.5 Å². The first-order valence-electron chi connectivity index (χ1n) is 9.50. The molecule has 0 radical (unpaired) electrons. The molecule has 1 heterocycles. The third-order valence-electron chi connectivity index (χ3n) is 4.19. The summed E-state index contributed by atoms with van der Waals surface area (Å²) in [6, 6.07) is 15.3. The minimum absolute atomic E-state index is 0.236. The first-order valence-corrected chi connectivity index (χ1v) is 10.4. The number of nitrogens with zero attached hydrogens (tertiary/aromatic N) is 1. The van der Waals surface area contributed by atoms with Crippen LogP contribution in [0, 0.1) is 0 Å². The number of aromatic nitrogens is 1. The molecule has 29 heavy (non-hydrogen) atoms. The molecular formula is C23H24N2O3S. The number of amides is 1.